The van der Waals surface area contributed by atoms with Crippen LogP contribution >= 0.6 is 11.3 Å². The van der Waals surface area contributed by atoms with Crippen LogP contribution in [0.1, 0.15) is 37.6 Å². The number of aryl methyl sites for hydroxylation is 1. The van der Waals surface area contributed by atoms with Crippen LogP contribution in [0.4, 0.5) is 0 Å². The predicted molar refractivity (Wildman–Crippen MR) is 103 cm³/mol. The fourth-order valence-electron chi connectivity index (χ4n) is 3.22. The van der Waals surface area contributed by atoms with Crippen LogP contribution < -0.4 is 5.56 Å². The van der Waals surface area contributed by atoms with Gasteiger partial charge in [-0.05, 0) is 23.8 Å². The lowest BCUT2D eigenvalue weighted by molar-refractivity contribution is -0.132. The summed E-state index contributed by atoms with van der Waals surface area (Å²) in [4.78, 5) is 35.7. The van der Waals surface area contributed by atoms with Crippen molar-refractivity contribution in [3.05, 3.63) is 45.5 Å². The van der Waals surface area contributed by atoms with E-state index in [1.54, 1.807) is 11.0 Å². The molecule has 0 unspecified atom stereocenters. The van der Waals surface area contributed by atoms with E-state index in [-0.39, 0.29) is 18.0 Å². The van der Waals surface area contributed by atoms with Gasteiger partial charge < -0.3 is 9.32 Å². The minimum Gasteiger partial charge on any atom is -0.445 e. The molecule has 0 fully saturated rings. The van der Waals surface area contributed by atoms with Gasteiger partial charge in [0.15, 0.2) is 5.89 Å². The van der Waals surface area contributed by atoms with E-state index in [1.165, 1.54) is 22.2 Å². The van der Waals surface area contributed by atoms with E-state index in [0.29, 0.717) is 35.6 Å². The van der Waals surface area contributed by atoms with Crippen LogP contribution in [0.25, 0.3) is 10.2 Å². The summed E-state index contributed by atoms with van der Waals surface area (Å²) in [5.41, 5.74) is 1.35. The molecule has 4 heterocycles. The molecule has 0 aliphatic carbocycles. The summed E-state index contributed by atoms with van der Waals surface area (Å²) >= 11 is 1.35. The molecule has 0 radical (unpaired) electrons. The number of nitrogens with zero attached hydrogens (tertiary/aromatic N) is 4. The number of hydrogen-bond donors (Lipinski definition) is 0. The second-order valence-corrected chi connectivity index (χ2v) is 8.20. The molecular formula is C19H22N4O3S. The van der Waals surface area contributed by atoms with E-state index in [9.17, 15) is 9.59 Å². The van der Waals surface area contributed by atoms with Crippen LogP contribution in [0.2, 0.25) is 0 Å². The summed E-state index contributed by atoms with van der Waals surface area (Å²) in [6.07, 6.45) is 3.96. The Labute approximate surface area is 160 Å². The molecular weight excluding hydrogens is 364 g/mol. The maximum absolute atomic E-state index is 12.7. The van der Waals surface area contributed by atoms with Gasteiger partial charge in [0.1, 0.15) is 22.7 Å². The first kappa shape index (κ1) is 17.9. The van der Waals surface area contributed by atoms with Crippen molar-refractivity contribution in [2.24, 2.45) is 5.92 Å². The van der Waals surface area contributed by atoms with Gasteiger partial charge in [0.25, 0.3) is 5.56 Å². The van der Waals surface area contributed by atoms with Crippen LogP contribution in [0.5, 0.6) is 0 Å². The van der Waals surface area contributed by atoms with Crippen LogP contribution in [0.3, 0.4) is 0 Å². The molecule has 4 rings (SSSR count). The summed E-state index contributed by atoms with van der Waals surface area (Å²) in [6, 6.07) is 1.81. The van der Waals surface area contributed by atoms with E-state index in [4.69, 9.17) is 4.42 Å². The highest BCUT2D eigenvalue weighted by Crippen LogP contribution is 2.21. The molecule has 1 amide bonds. The van der Waals surface area contributed by atoms with Gasteiger partial charge in [-0.3, -0.25) is 14.2 Å². The highest BCUT2D eigenvalue weighted by atomic mass is 32.1. The summed E-state index contributed by atoms with van der Waals surface area (Å²) in [6.45, 7) is 5.35. The van der Waals surface area contributed by atoms with Crippen LogP contribution in [-0.4, -0.2) is 31.9 Å². The van der Waals surface area contributed by atoms with Gasteiger partial charge in [-0.25, -0.2) is 9.97 Å². The average Bonchev–Trinajstić information content (AvgIpc) is 3.28. The van der Waals surface area contributed by atoms with Crippen molar-refractivity contribution >= 4 is 27.5 Å². The molecule has 0 spiro atoms. The number of carbonyl (C=O) groups excluding carboxylic acids is 1. The Morgan fingerprint density at radius 3 is 3.07 bits per heavy atom. The third-order valence-corrected chi connectivity index (χ3v) is 5.69. The number of oxazole rings is 1. The van der Waals surface area contributed by atoms with Crippen molar-refractivity contribution in [1.82, 2.24) is 19.4 Å². The maximum Gasteiger partial charge on any atom is 0.271 e. The Balaban J connectivity index is 1.45. The van der Waals surface area contributed by atoms with Crippen molar-refractivity contribution in [2.75, 3.05) is 6.54 Å². The Bertz CT molecular complexity index is 1030. The summed E-state index contributed by atoms with van der Waals surface area (Å²) in [5.74, 6) is 2.13. The van der Waals surface area contributed by atoms with Crippen molar-refractivity contribution < 1.29 is 9.21 Å². The van der Waals surface area contributed by atoms with Gasteiger partial charge >= 0.3 is 0 Å². The van der Waals surface area contributed by atoms with Gasteiger partial charge in [0, 0.05) is 19.4 Å². The number of thiophene rings is 1. The van der Waals surface area contributed by atoms with Crippen molar-refractivity contribution in [2.45, 2.75) is 46.2 Å². The van der Waals surface area contributed by atoms with Crippen LogP contribution in [-0.2, 0) is 30.7 Å². The largest absolute Gasteiger partial charge is 0.445 e. The second kappa shape index (κ2) is 7.26. The van der Waals surface area contributed by atoms with Crippen LogP contribution in [0, 0.1) is 5.92 Å². The fourth-order valence-corrected chi connectivity index (χ4v) is 4.01. The molecule has 0 bridgehead atoms. The topological polar surface area (TPSA) is 81.2 Å². The van der Waals surface area contributed by atoms with E-state index in [0.717, 1.165) is 30.2 Å². The van der Waals surface area contributed by atoms with Crippen molar-refractivity contribution in [3.8, 4) is 0 Å². The predicted octanol–water partition coefficient (Wildman–Crippen LogP) is 2.62. The van der Waals surface area contributed by atoms with Crippen molar-refractivity contribution in [1.29, 1.82) is 0 Å². The average molecular weight is 386 g/mol. The number of fused-ring (bicyclic) bond motifs is 2. The summed E-state index contributed by atoms with van der Waals surface area (Å²) < 4.78 is 7.81. The van der Waals surface area contributed by atoms with Gasteiger partial charge in [-0.2, -0.15) is 0 Å². The lowest BCUT2D eigenvalue weighted by atomic mass is 10.1. The molecule has 142 valence electrons. The number of rotatable bonds is 5. The molecule has 3 aromatic heterocycles. The molecule has 27 heavy (non-hydrogen) atoms. The molecule has 8 heteroatoms. The molecule has 0 saturated heterocycles. The molecule has 1 aliphatic rings. The molecule has 1 aliphatic heterocycles. The first-order valence-corrected chi connectivity index (χ1v) is 10.1. The zero-order chi connectivity index (χ0) is 19.0. The van der Waals surface area contributed by atoms with Gasteiger partial charge in [0.2, 0.25) is 5.91 Å². The third-order valence-electron chi connectivity index (χ3n) is 4.80. The van der Waals surface area contributed by atoms with E-state index in [2.05, 4.69) is 23.8 Å². The molecule has 0 aromatic carbocycles. The Morgan fingerprint density at radius 1 is 1.41 bits per heavy atom. The highest BCUT2D eigenvalue weighted by Gasteiger charge is 2.26. The maximum atomic E-state index is 12.7. The molecule has 0 saturated carbocycles. The first-order chi connectivity index (χ1) is 13.0. The smallest absolute Gasteiger partial charge is 0.271 e. The summed E-state index contributed by atoms with van der Waals surface area (Å²) in [7, 11) is 0. The molecule has 0 atom stereocenters. The number of hydrogen-bond acceptors (Lipinski definition) is 6. The number of carbonyl (C=O) groups is 1. The molecule has 3 aromatic rings. The Kier molecular flexibility index (Phi) is 4.82. The quantitative estimate of drug-likeness (QED) is 0.673. The molecule has 7 nitrogen and oxygen atoms in total. The zero-order valence-corrected chi connectivity index (χ0v) is 16.3. The van der Waals surface area contributed by atoms with Gasteiger partial charge in [0.05, 0.1) is 18.4 Å². The zero-order valence-electron chi connectivity index (χ0n) is 15.5. The minimum absolute atomic E-state index is 0.00688. The van der Waals surface area contributed by atoms with Gasteiger partial charge in [-0.1, -0.05) is 13.8 Å². The minimum atomic E-state index is -0.168. The van der Waals surface area contributed by atoms with E-state index >= 15 is 0 Å². The number of amides is 1. The number of aromatic nitrogens is 3. The van der Waals surface area contributed by atoms with Crippen LogP contribution in [0.15, 0.2) is 27.0 Å². The monoisotopic (exact) mass is 386 g/mol. The SMILES string of the molecule is CC(C)CCc1nc2c(o1)CCN(C(=O)Cn1cnc3ccsc3c1=O)C2. The summed E-state index contributed by atoms with van der Waals surface area (Å²) in [5, 5.41) is 1.83. The lowest BCUT2D eigenvalue weighted by Gasteiger charge is -2.25. The Morgan fingerprint density at radius 2 is 2.26 bits per heavy atom. The van der Waals surface area contributed by atoms with E-state index < -0.39 is 0 Å². The third kappa shape index (κ3) is 3.66. The Hall–Kier alpha value is -2.48. The highest BCUT2D eigenvalue weighted by molar-refractivity contribution is 7.17. The standard InChI is InChI=1S/C19H22N4O3S/c1-12(2)3-4-16-21-14-9-22(7-5-15(14)26-16)17(24)10-23-11-20-13-6-8-27-18(13)19(23)25/h6,8,11-12H,3-5,7,9-10H2,1-2H3. The first-order valence-electron chi connectivity index (χ1n) is 9.19. The normalized spacial score (nSPS) is 14.1. The second-order valence-electron chi connectivity index (χ2n) is 7.29. The molecule has 0 N–H and O–H groups in total. The van der Waals surface area contributed by atoms with E-state index in [1.807, 2.05) is 5.38 Å². The lowest BCUT2D eigenvalue weighted by Crippen LogP contribution is -2.39. The van der Waals surface area contributed by atoms with Crippen molar-refractivity contribution in [3.63, 3.8) is 0 Å². The fraction of sp³-hybridized carbons (Fsp3) is 0.474. The van der Waals surface area contributed by atoms with Gasteiger partial charge in [-0.15, -0.1) is 11.3 Å².